The van der Waals surface area contributed by atoms with Crippen molar-refractivity contribution in [1.82, 2.24) is 4.98 Å². The maximum absolute atomic E-state index is 6.18. The van der Waals surface area contributed by atoms with Crippen molar-refractivity contribution in [3.63, 3.8) is 0 Å². The molecule has 1 aliphatic heterocycles. The van der Waals surface area contributed by atoms with Gasteiger partial charge in [0.15, 0.2) is 0 Å². The Morgan fingerprint density at radius 3 is 2.43 bits per heavy atom. The summed E-state index contributed by atoms with van der Waals surface area (Å²) in [4.78, 5) is 4.18. The zero-order valence-corrected chi connectivity index (χ0v) is 13.8. The number of nitrogens with zero attached hydrogens (tertiary/aromatic N) is 1. The number of hydrogen-bond acceptors (Lipinski definition) is 3. The molecule has 0 amide bonds. The Morgan fingerprint density at radius 1 is 1.24 bits per heavy atom. The van der Waals surface area contributed by atoms with Crippen molar-refractivity contribution in [2.45, 2.75) is 65.1 Å². The third kappa shape index (κ3) is 3.75. The van der Waals surface area contributed by atoms with Crippen LogP contribution >= 0.6 is 0 Å². The van der Waals surface area contributed by atoms with Gasteiger partial charge in [-0.25, -0.2) is 0 Å². The summed E-state index contributed by atoms with van der Waals surface area (Å²) in [5.41, 5.74) is 1.71. The first-order valence-corrected chi connectivity index (χ1v) is 7.82. The fourth-order valence-corrected chi connectivity index (χ4v) is 2.31. The highest BCUT2D eigenvalue weighted by molar-refractivity contribution is 6.55. The first kappa shape index (κ1) is 16.2. The summed E-state index contributed by atoms with van der Waals surface area (Å²) in [5, 5.41) is 0. The maximum Gasteiger partial charge on any atom is 0.490 e. The van der Waals surface area contributed by atoms with E-state index in [9.17, 15) is 0 Å². The Labute approximate surface area is 128 Å². The van der Waals surface area contributed by atoms with Gasteiger partial charge in [0.05, 0.1) is 11.2 Å². The third-order valence-electron chi connectivity index (χ3n) is 4.41. The highest BCUT2D eigenvalue weighted by atomic mass is 16.7. The molecule has 0 aliphatic carbocycles. The van der Waals surface area contributed by atoms with Gasteiger partial charge in [0.25, 0.3) is 0 Å². The van der Waals surface area contributed by atoms with Crippen LogP contribution in [-0.4, -0.2) is 23.3 Å². The van der Waals surface area contributed by atoms with E-state index in [0.29, 0.717) is 0 Å². The van der Waals surface area contributed by atoms with Gasteiger partial charge in [-0.15, -0.1) is 0 Å². The van der Waals surface area contributed by atoms with Crippen molar-refractivity contribution < 1.29 is 9.31 Å². The van der Waals surface area contributed by atoms with E-state index in [1.807, 2.05) is 12.3 Å². The third-order valence-corrected chi connectivity index (χ3v) is 4.41. The molecule has 2 rings (SSSR count). The molecule has 0 spiro atoms. The van der Waals surface area contributed by atoms with Crippen molar-refractivity contribution >= 4 is 13.2 Å². The lowest BCUT2D eigenvalue weighted by Crippen LogP contribution is -2.41. The van der Waals surface area contributed by atoms with Gasteiger partial charge in [0, 0.05) is 12.4 Å². The molecule has 1 saturated heterocycles. The van der Waals surface area contributed by atoms with Gasteiger partial charge in [0.2, 0.25) is 0 Å². The molecule has 3 nitrogen and oxygen atoms in total. The smallest absolute Gasteiger partial charge is 0.400 e. The minimum absolute atomic E-state index is 0.262. The number of allylic oxidation sites excluding steroid dienone is 1. The molecule has 0 unspecified atom stereocenters. The summed E-state index contributed by atoms with van der Waals surface area (Å²) in [6.45, 7) is 10.6. The van der Waals surface area contributed by atoms with E-state index in [1.165, 1.54) is 5.47 Å². The zero-order valence-electron chi connectivity index (χ0n) is 13.8. The fraction of sp³-hybridized carbons (Fsp3) is 0.588. The highest BCUT2D eigenvalue weighted by Gasteiger charge is 2.52. The summed E-state index contributed by atoms with van der Waals surface area (Å²) in [6.07, 6.45) is 9.10. The molecule has 1 aromatic rings. The Hall–Kier alpha value is -1.13. The average molecular weight is 287 g/mol. The standard InChI is InChI=1S/C17H26BNO2/c1-6-7-10-15(12-14-9-8-11-19-13-14)18-20-16(2,3)17(4,5)21-18/h8-9,11-13H,6-7,10H2,1-5H3/b15-12+. The summed E-state index contributed by atoms with van der Waals surface area (Å²) in [6, 6.07) is 4.01. The van der Waals surface area contributed by atoms with E-state index in [1.54, 1.807) is 6.20 Å². The van der Waals surface area contributed by atoms with Gasteiger partial charge < -0.3 is 9.31 Å². The first-order valence-electron chi connectivity index (χ1n) is 7.82. The van der Waals surface area contributed by atoms with Crippen LogP contribution in [0.4, 0.5) is 0 Å². The molecule has 1 aromatic heterocycles. The van der Waals surface area contributed by atoms with Crippen molar-refractivity contribution in [1.29, 1.82) is 0 Å². The number of hydrogen-bond donors (Lipinski definition) is 0. The van der Waals surface area contributed by atoms with Crippen molar-refractivity contribution in [3.05, 3.63) is 35.6 Å². The van der Waals surface area contributed by atoms with Crippen LogP contribution in [0.15, 0.2) is 30.0 Å². The number of aromatic nitrogens is 1. The van der Waals surface area contributed by atoms with Gasteiger partial charge in [-0.1, -0.05) is 31.9 Å². The molecule has 21 heavy (non-hydrogen) atoms. The van der Waals surface area contributed by atoms with Crippen LogP contribution in [0, 0.1) is 0 Å². The molecule has 4 heteroatoms. The lowest BCUT2D eigenvalue weighted by molar-refractivity contribution is 0.00578. The van der Waals surface area contributed by atoms with Crippen LogP contribution in [0.1, 0.15) is 59.4 Å². The molecule has 0 N–H and O–H groups in total. The fourth-order valence-electron chi connectivity index (χ4n) is 2.31. The summed E-state index contributed by atoms with van der Waals surface area (Å²) in [5.74, 6) is 0. The van der Waals surface area contributed by atoms with Crippen LogP contribution in [0.5, 0.6) is 0 Å². The zero-order chi connectivity index (χ0) is 15.5. The van der Waals surface area contributed by atoms with Gasteiger partial charge in [-0.3, -0.25) is 4.98 Å². The predicted octanol–water partition coefficient (Wildman–Crippen LogP) is 4.29. The predicted molar refractivity (Wildman–Crippen MR) is 87.8 cm³/mol. The Kier molecular flexibility index (Phi) is 4.90. The topological polar surface area (TPSA) is 31.4 Å². The molecule has 0 radical (unpaired) electrons. The second-order valence-electron chi connectivity index (χ2n) is 6.70. The number of unbranched alkanes of at least 4 members (excludes halogenated alkanes) is 1. The number of pyridine rings is 1. The average Bonchev–Trinajstić information content (AvgIpc) is 2.64. The Morgan fingerprint density at radius 2 is 1.90 bits per heavy atom. The SMILES string of the molecule is CCCC/C(=C\c1cccnc1)B1OC(C)(C)C(C)(C)O1. The molecular formula is C17H26BNO2. The second kappa shape index (κ2) is 6.33. The molecule has 0 atom stereocenters. The molecule has 0 saturated carbocycles. The van der Waals surface area contributed by atoms with E-state index < -0.39 is 0 Å². The summed E-state index contributed by atoms with van der Waals surface area (Å²) in [7, 11) is -0.262. The maximum atomic E-state index is 6.18. The van der Waals surface area contributed by atoms with Gasteiger partial charge in [-0.2, -0.15) is 0 Å². The minimum atomic E-state index is -0.294. The van der Waals surface area contributed by atoms with Gasteiger partial charge in [0.1, 0.15) is 0 Å². The number of rotatable bonds is 5. The van der Waals surface area contributed by atoms with Crippen LogP contribution in [0.3, 0.4) is 0 Å². The van der Waals surface area contributed by atoms with Crippen LogP contribution in [0.25, 0.3) is 6.08 Å². The second-order valence-corrected chi connectivity index (χ2v) is 6.70. The van der Waals surface area contributed by atoms with Gasteiger partial charge >= 0.3 is 7.12 Å². The monoisotopic (exact) mass is 287 g/mol. The molecule has 2 heterocycles. The first-order chi connectivity index (χ1) is 9.86. The van der Waals surface area contributed by atoms with Crippen LogP contribution < -0.4 is 0 Å². The normalized spacial score (nSPS) is 20.8. The van der Waals surface area contributed by atoms with E-state index in [4.69, 9.17) is 9.31 Å². The van der Waals surface area contributed by atoms with Crippen molar-refractivity contribution in [3.8, 4) is 0 Å². The molecule has 1 aliphatic rings. The molecular weight excluding hydrogens is 261 g/mol. The molecule has 0 bridgehead atoms. The van der Waals surface area contributed by atoms with E-state index in [-0.39, 0.29) is 18.3 Å². The largest absolute Gasteiger partial charge is 0.490 e. The van der Waals surface area contributed by atoms with E-state index in [0.717, 1.165) is 24.8 Å². The highest BCUT2D eigenvalue weighted by Crippen LogP contribution is 2.39. The molecule has 114 valence electrons. The summed E-state index contributed by atoms with van der Waals surface area (Å²) >= 11 is 0. The Balaban J connectivity index is 2.24. The summed E-state index contributed by atoms with van der Waals surface area (Å²) < 4.78 is 12.4. The van der Waals surface area contributed by atoms with Gasteiger partial charge in [-0.05, 0) is 51.2 Å². The molecule has 0 aromatic carbocycles. The van der Waals surface area contributed by atoms with E-state index >= 15 is 0 Å². The van der Waals surface area contributed by atoms with Crippen LogP contribution in [0.2, 0.25) is 0 Å². The minimum Gasteiger partial charge on any atom is -0.400 e. The Bertz CT molecular complexity index is 481. The quantitative estimate of drug-likeness (QED) is 0.757. The van der Waals surface area contributed by atoms with Crippen molar-refractivity contribution in [2.75, 3.05) is 0 Å². The lowest BCUT2D eigenvalue weighted by atomic mass is 9.74. The molecule has 1 fully saturated rings. The van der Waals surface area contributed by atoms with E-state index in [2.05, 4.69) is 51.7 Å². The van der Waals surface area contributed by atoms with Crippen molar-refractivity contribution in [2.24, 2.45) is 0 Å². The lowest BCUT2D eigenvalue weighted by Gasteiger charge is -2.32. The van der Waals surface area contributed by atoms with Crippen LogP contribution in [-0.2, 0) is 9.31 Å².